The molecule has 9 heteroatoms. The molecule has 0 unspecified atom stereocenters. The fourth-order valence-corrected chi connectivity index (χ4v) is 0.785. The number of ether oxygens (including phenoxy) is 1. The van der Waals surface area contributed by atoms with Crippen molar-refractivity contribution in [2.45, 2.75) is 6.18 Å². The molecule has 0 saturated heterocycles. The van der Waals surface area contributed by atoms with Crippen LogP contribution in [0, 0.1) is 0 Å². The van der Waals surface area contributed by atoms with E-state index < -0.39 is 23.6 Å². The van der Waals surface area contributed by atoms with Gasteiger partial charge in [0.25, 0.3) is 5.88 Å². The van der Waals surface area contributed by atoms with Crippen LogP contribution < -0.4 is 15.7 Å². The maximum Gasteiger partial charge on any atom is 0.491 e. The molecule has 16 heavy (non-hydrogen) atoms. The van der Waals surface area contributed by atoms with E-state index in [9.17, 15) is 22.8 Å². The van der Waals surface area contributed by atoms with E-state index in [1.807, 2.05) is 0 Å². The fourth-order valence-electron chi connectivity index (χ4n) is 0.785. The van der Waals surface area contributed by atoms with Gasteiger partial charge in [0.1, 0.15) is 0 Å². The van der Waals surface area contributed by atoms with Crippen LogP contribution in [0.25, 0.3) is 0 Å². The molecular formula is C7H6F3N3O3. The molecule has 0 aromatic carbocycles. The van der Waals surface area contributed by atoms with Crippen LogP contribution in [0.2, 0.25) is 0 Å². The standard InChI is InChI=1S/C7H6F3N3O3/c1-11-13-3-2-12-4(5(13)14)16-6(15)7(8,9)10/h2-3,11H,1H3. The zero-order chi connectivity index (χ0) is 12.3. The van der Waals surface area contributed by atoms with Crippen molar-refractivity contribution in [3.05, 3.63) is 22.7 Å². The number of hydrogen-bond donors (Lipinski definition) is 1. The zero-order valence-corrected chi connectivity index (χ0v) is 7.91. The van der Waals surface area contributed by atoms with Crippen LogP contribution in [0.5, 0.6) is 5.88 Å². The second-order valence-corrected chi connectivity index (χ2v) is 2.52. The van der Waals surface area contributed by atoms with Gasteiger partial charge in [0.2, 0.25) is 0 Å². The van der Waals surface area contributed by atoms with Crippen molar-refractivity contribution < 1.29 is 22.7 Å². The number of alkyl halides is 3. The topological polar surface area (TPSA) is 73.2 Å². The van der Waals surface area contributed by atoms with Crippen molar-refractivity contribution in [2.75, 3.05) is 12.5 Å². The molecule has 0 aliphatic carbocycles. The number of esters is 1. The van der Waals surface area contributed by atoms with Crippen LogP contribution >= 0.6 is 0 Å². The summed E-state index contributed by atoms with van der Waals surface area (Å²) in [7, 11) is 1.36. The SMILES string of the molecule is CNn1ccnc(OC(=O)C(F)(F)F)c1=O. The van der Waals surface area contributed by atoms with E-state index in [-0.39, 0.29) is 0 Å². The monoisotopic (exact) mass is 237 g/mol. The van der Waals surface area contributed by atoms with Gasteiger partial charge in [-0.25, -0.2) is 14.5 Å². The van der Waals surface area contributed by atoms with Crippen molar-refractivity contribution in [1.29, 1.82) is 0 Å². The van der Waals surface area contributed by atoms with Gasteiger partial charge in [0.05, 0.1) is 0 Å². The first kappa shape index (κ1) is 12.0. The average Bonchev–Trinajstić information content (AvgIpc) is 2.19. The second kappa shape index (κ2) is 4.21. The number of nitrogens with one attached hydrogen (secondary N) is 1. The number of rotatable bonds is 2. The molecule has 0 spiro atoms. The minimum absolute atomic E-state index is 0.811. The lowest BCUT2D eigenvalue weighted by Gasteiger charge is -2.07. The lowest BCUT2D eigenvalue weighted by Crippen LogP contribution is -2.33. The van der Waals surface area contributed by atoms with Gasteiger partial charge in [0, 0.05) is 19.4 Å². The van der Waals surface area contributed by atoms with E-state index in [0.29, 0.717) is 0 Å². The predicted molar refractivity (Wildman–Crippen MR) is 45.5 cm³/mol. The van der Waals surface area contributed by atoms with E-state index in [4.69, 9.17) is 0 Å². The molecule has 0 bridgehead atoms. The summed E-state index contributed by atoms with van der Waals surface area (Å²) in [5.41, 5.74) is 1.34. The van der Waals surface area contributed by atoms with E-state index in [1.54, 1.807) is 0 Å². The normalized spacial score (nSPS) is 11.0. The van der Waals surface area contributed by atoms with Crippen molar-refractivity contribution in [2.24, 2.45) is 0 Å². The third-order valence-electron chi connectivity index (χ3n) is 1.47. The first-order valence-electron chi connectivity index (χ1n) is 3.90. The number of aromatic nitrogens is 2. The van der Waals surface area contributed by atoms with Gasteiger partial charge >= 0.3 is 17.7 Å². The Labute approximate surface area is 86.6 Å². The van der Waals surface area contributed by atoms with E-state index in [0.717, 1.165) is 17.1 Å². The lowest BCUT2D eigenvalue weighted by molar-refractivity contribution is -0.190. The van der Waals surface area contributed by atoms with Gasteiger partial charge in [-0.2, -0.15) is 13.2 Å². The third-order valence-corrected chi connectivity index (χ3v) is 1.47. The van der Waals surface area contributed by atoms with Gasteiger partial charge in [0.15, 0.2) is 0 Å². The molecular weight excluding hydrogens is 231 g/mol. The molecule has 0 atom stereocenters. The molecule has 1 rings (SSSR count). The molecule has 0 saturated carbocycles. The Kier molecular flexibility index (Phi) is 3.16. The zero-order valence-electron chi connectivity index (χ0n) is 7.91. The first-order valence-corrected chi connectivity index (χ1v) is 3.90. The Bertz CT molecular complexity index is 454. The Morgan fingerprint density at radius 3 is 2.69 bits per heavy atom. The maximum absolute atomic E-state index is 11.8. The molecule has 1 heterocycles. The Balaban J connectivity index is 2.99. The summed E-state index contributed by atoms with van der Waals surface area (Å²) in [6, 6.07) is 0. The van der Waals surface area contributed by atoms with Crippen molar-refractivity contribution >= 4 is 5.97 Å². The number of carbonyl (C=O) groups excluding carboxylic acids is 1. The molecule has 0 aliphatic rings. The van der Waals surface area contributed by atoms with E-state index in [2.05, 4.69) is 15.1 Å². The lowest BCUT2D eigenvalue weighted by atomic mass is 10.6. The molecule has 0 fully saturated rings. The van der Waals surface area contributed by atoms with Crippen LogP contribution in [0.3, 0.4) is 0 Å². The van der Waals surface area contributed by atoms with E-state index >= 15 is 0 Å². The molecule has 0 amide bonds. The summed E-state index contributed by atoms with van der Waals surface area (Å²) in [6.45, 7) is 0. The van der Waals surface area contributed by atoms with Gasteiger partial charge < -0.3 is 10.2 Å². The maximum atomic E-state index is 11.8. The number of halogens is 3. The summed E-state index contributed by atoms with van der Waals surface area (Å²) in [4.78, 5) is 24.9. The van der Waals surface area contributed by atoms with Crippen LogP contribution in [0.4, 0.5) is 13.2 Å². The van der Waals surface area contributed by atoms with Gasteiger partial charge in [-0.3, -0.25) is 4.79 Å². The summed E-state index contributed by atoms with van der Waals surface area (Å²) in [5, 5.41) is 0. The van der Waals surface area contributed by atoms with Crippen molar-refractivity contribution in [3.8, 4) is 5.88 Å². The van der Waals surface area contributed by atoms with Crippen LogP contribution in [0.1, 0.15) is 0 Å². The molecule has 88 valence electrons. The molecule has 1 aromatic rings. The first-order chi connectivity index (χ1) is 7.36. The van der Waals surface area contributed by atoms with Crippen LogP contribution in [0.15, 0.2) is 17.2 Å². The van der Waals surface area contributed by atoms with Crippen molar-refractivity contribution in [3.63, 3.8) is 0 Å². The van der Waals surface area contributed by atoms with Gasteiger partial charge in [-0.05, 0) is 0 Å². The van der Waals surface area contributed by atoms with E-state index in [1.165, 1.54) is 7.05 Å². The molecule has 0 aliphatic heterocycles. The average molecular weight is 237 g/mol. The minimum atomic E-state index is -5.17. The minimum Gasteiger partial charge on any atom is -0.395 e. The molecule has 1 aromatic heterocycles. The largest absolute Gasteiger partial charge is 0.491 e. The quantitative estimate of drug-likeness (QED) is 0.726. The highest BCUT2D eigenvalue weighted by Crippen LogP contribution is 2.16. The molecule has 1 N–H and O–H groups in total. The van der Waals surface area contributed by atoms with Gasteiger partial charge in [-0.1, -0.05) is 0 Å². The predicted octanol–water partition coefficient (Wildman–Crippen LogP) is -0.116. The summed E-state index contributed by atoms with van der Waals surface area (Å²) in [6.07, 6.45) is -3.00. The highest BCUT2D eigenvalue weighted by atomic mass is 19.4. The van der Waals surface area contributed by atoms with Crippen LogP contribution in [-0.4, -0.2) is 28.9 Å². The Morgan fingerprint density at radius 2 is 2.19 bits per heavy atom. The fraction of sp³-hybridized carbons (Fsp3) is 0.286. The number of nitrogens with zero attached hydrogens (tertiary/aromatic N) is 2. The number of hydrogen-bond acceptors (Lipinski definition) is 5. The molecule has 0 radical (unpaired) electrons. The van der Waals surface area contributed by atoms with Crippen molar-refractivity contribution in [1.82, 2.24) is 9.66 Å². The second-order valence-electron chi connectivity index (χ2n) is 2.52. The Hall–Kier alpha value is -2.06. The highest BCUT2D eigenvalue weighted by molar-refractivity contribution is 5.77. The number of carbonyl (C=O) groups is 1. The van der Waals surface area contributed by atoms with Gasteiger partial charge in [-0.15, -0.1) is 0 Å². The molecule has 6 nitrogen and oxygen atoms in total. The third kappa shape index (κ3) is 2.49. The highest BCUT2D eigenvalue weighted by Gasteiger charge is 2.42. The summed E-state index contributed by atoms with van der Waals surface area (Å²) in [5.74, 6) is -3.44. The summed E-state index contributed by atoms with van der Waals surface area (Å²) < 4.78 is 40.1. The summed E-state index contributed by atoms with van der Waals surface area (Å²) >= 11 is 0. The Morgan fingerprint density at radius 1 is 1.56 bits per heavy atom. The van der Waals surface area contributed by atoms with Crippen LogP contribution in [-0.2, 0) is 4.79 Å². The smallest absolute Gasteiger partial charge is 0.395 e.